The molecule has 0 saturated heterocycles. The molecule has 0 aliphatic heterocycles. The summed E-state index contributed by atoms with van der Waals surface area (Å²) in [5, 5.41) is 0.0695. The second-order valence-corrected chi connectivity index (χ2v) is 6.46. The predicted molar refractivity (Wildman–Crippen MR) is 77.1 cm³/mol. The van der Waals surface area contributed by atoms with E-state index in [9.17, 15) is 13.2 Å². The third-order valence-corrected chi connectivity index (χ3v) is 5.21. The van der Waals surface area contributed by atoms with Crippen molar-refractivity contribution in [3.05, 3.63) is 22.7 Å². The molecule has 0 aliphatic rings. The minimum atomic E-state index is -3.91. The van der Waals surface area contributed by atoms with Gasteiger partial charge in [0.05, 0.1) is 12.1 Å². The Hall–Kier alpha value is -1.31. The molecule has 0 atom stereocenters. The second kappa shape index (κ2) is 6.43. The minimum Gasteiger partial charge on any atom is -0.468 e. The van der Waals surface area contributed by atoms with Gasteiger partial charge in [0.25, 0.3) is 0 Å². The third kappa shape index (κ3) is 3.41. The van der Waals surface area contributed by atoms with Crippen LogP contribution in [-0.4, -0.2) is 38.9 Å². The second-order valence-electron chi connectivity index (χ2n) is 4.15. The molecule has 112 valence electrons. The standard InChI is InChI=1S/C12H17ClN2O4S/c1-4-15(7-12(16)19-3)20(17,18)11-6-10(14)8(2)5-9(11)13/h5-6H,4,7,14H2,1-3H3. The molecule has 0 spiro atoms. The molecular formula is C12H17ClN2O4S. The number of hydrogen-bond donors (Lipinski definition) is 1. The van der Waals surface area contributed by atoms with Gasteiger partial charge in [-0.2, -0.15) is 4.31 Å². The van der Waals surface area contributed by atoms with E-state index in [1.807, 2.05) is 0 Å². The number of benzene rings is 1. The van der Waals surface area contributed by atoms with Crippen molar-refractivity contribution in [2.45, 2.75) is 18.7 Å². The Morgan fingerprint density at radius 2 is 2.05 bits per heavy atom. The number of carbonyl (C=O) groups is 1. The molecule has 1 aromatic rings. The van der Waals surface area contributed by atoms with Gasteiger partial charge < -0.3 is 10.5 Å². The van der Waals surface area contributed by atoms with Crippen molar-refractivity contribution < 1.29 is 17.9 Å². The fraction of sp³-hybridized carbons (Fsp3) is 0.417. The summed E-state index contributed by atoms with van der Waals surface area (Å²) in [6.45, 7) is 3.08. The molecule has 6 nitrogen and oxygen atoms in total. The molecule has 0 amide bonds. The van der Waals surface area contributed by atoms with Crippen molar-refractivity contribution in [2.24, 2.45) is 0 Å². The summed E-state index contributed by atoms with van der Waals surface area (Å²) in [5.41, 5.74) is 6.73. The van der Waals surface area contributed by atoms with Crippen LogP contribution in [0, 0.1) is 6.92 Å². The minimum absolute atomic E-state index is 0.0695. The first kappa shape index (κ1) is 16.7. The third-order valence-electron chi connectivity index (χ3n) is 2.82. The molecule has 1 aromatic carbocycles. The molecule has 0 aliphatic carbocycles. The van der Waals surface area contributed by atoms with Crippen LogP contribution < -0.4 is 5.73 Å². The number of nitrogens with two attached hydrogens (primary N) is 1. The Balaban J connectivity index is 3.27. The first-order chi connectivity index (χ1) is 9.23. The number of methoxy groups -OCH3 is 1. The van der Waals surface area contributed by atoms with Crippen molar-refractivity contribution in [1.82, 2.24) is 4.31 Å². The molecule has 0 aromatic heterocycles. The summed E-state index contributed by atoms with van der Waals surface area (Å²) >= 11 is 5.98. The van der Waals surface area contributed by atoms with E-state index in [2.05, 4.69) is 4.74 Å². The van der Waals surface area contributed by atoms with Crippen LogP contribution in [0.3, 0.4) is 0 Å². The fourth-order valence-electron chi connectivity index (χ4n) is 1.58. The van der Waals surface area contributed by atoms with Gasteiger partial charge in [0.2, 0.25) is 10.0 Å². The molecule has 0 fully saturated rings. The van der Waals surface area contributed by atoms with E-state index in [1.54, 1.807) is 13.8 Å². The van der Waals surface area contributed by atoms with Crippen LogP contribution in [0.5, 0.6) is 0 Å². The zero-order valence-electron chi connectivity index (χ0n) is 11.5. The van der Waals surface area contributed by atoms with Crippen LogP contribution in [-0.2, 0) is 19.6 Å². The molecule has 2 N–H and O–H groups in total. The van der Waals surface area contributed by atoms with Gasteiger partial charge in [-0.15, -0.1) is 0 Å². The monoisotopic (exact) mass is 320 g/mol. The van der Waals surface area contributed by atoms with Crippen molar-refractivity contribution in [1.29, 1.82) is 0 Å². The lowest BCUT2D eigenvalue weighted by Gasteiger charge is -2.20. The van der Waals surface area contributed by atoms with Crippen LogP contribution in [0.15, 0.2) is 17.0 Å². The van der Waals surface area contributed by atoms with Crippen LogP contribution >= 0.6 is 11.6 Å². The summed E-state index contributed by atoms with van der Waals surface area (Å²) < 4.78 is 30.4. The Kier molecular flexibility index (Phi) is 5.38. The Morgan fingerprint density at radius 1 is 1.45 bits per heavy atom. The number of ether oxygens (including phenoxy) is 1. The molecule has 8 heteroatoms. The van der Waals surface area contributed by atoms with Gasteiger partial charge in [0.15, 0.2) is 0 Å². The Morgan fingerprint density at radius 3 is 2.55 bits per heavy atom. The molecular weight excluding hydrogens is 304 g/mol. The number of sulfonamides is 1. The van der Waals surface area contributed by atoms with Crippen molar-refractivity contribution in [2.75, 3.05) is 25.9 Å². The van der Waals surface area contributed by atoms with E-state index in [-0.39, 0.29) is 23.0 Å². The highest BCUT2D eigenvalue weighted by atomic mass is 35.5. The predicted octanol–water partition coefficient (Wildman–Crippen LogP) is 1.41. The number of nitrogen functional groups attached to an aromatic ring is 1. The molecule has 0 radical (unpaired) electrons. The number of rotatable bonds is 5. The highest BCUT2D eigenvalue weighted by Gasteiger charge is 2.28. The molecule has 20 heavy (non-hydrogen) atoms. The lowest BCUT2D eigenvalue weighted by atomic mass is 10.2. The van der Waals surface area contributed by atoms with E-state index in [4.69, 9.17) is 17.3 Å². The maximum atomic E-state index is 12.5. The molecule has 1 rings (SSSR count). The topological polar surface area (TPSA) is 89.7 Å². The zero-order valence-corrected chi connectivity index (χ0v) is 13.1. The zero-order chi connectivity index (χ0) is 15.5. The van der Waals surface area contributed by atoms with E-state index in [1.165, 1.54) is 19.2 Å². The summed E-state index contributed by atoms with van der Waals surface area (Å²) in [5.74, 6) is -0.647. The van der Waals surface area contributed by atoms with Gasteiger partial charge >= 0.3 is 5.97 Å². The normalized spacial score (nSPS) is 11.7. The van der Waals surface area contributed by atoms with Gasteiger partial charge in [-0.05, 0) is 24.6 Å². The number of nitrogens with zero attached hydrogens (tertiary/aromatic N) is 1. The van der Waals surface area contributed by atoms with Crippen molar-refractivity contribution >= 4 is 33.3 Å². The highest BCUT2D eigenvalue weighted by Crippen LogP contribution is 2.29. The molecule has 0 heterocycles. The summed E-state index contributed by atoms with van der Waals surface area (Å²) in [6, 6.07) is 2.78. The number of anilines is 1. The van der Waals surface area contributed by atoms with Crippen LogP contribution in [0.25, 0.3) is 0 Å². The van der Waals surface area contributed by atoms with Gasteiger partial charge in [-0.25, -0.2) is 8.42 Å². The highest BCUT2D eigenvalue weighted by molar-refractivity contribution is 7.89. The quantitative estimate of drug-likeness (QED) is 0.654. The number of carbonyl (C=O) groups excluding carboxylic acids is 1. The van der Waals surface area contributed by atoms with Crippen molar-refractivity contribution in [3.8, 4) is 0 Å². The van der Waals surface area contributed by atoms with Gasteiger partial charge in [-0.3, -0.25) is 4.79 Å². The van der Waals surface area contributed by atoms with Gasteiger partial charge in [-0.1, -0.05) is 18.5 Å². The fourth-order valence-corrected chi connectivity index (χ4v) is 3.57. The van der Waals surface area contributed by atoms with Crippen molar-refractivity contribution in [3.63, 3.8) is 0 Å². The summed E-state index contributed by atoms with van der Waals surface area (Å²) in [4.78, 5) is 11.2. The number of halogens is 1. The van der Waals surface area contributed by atoms with E-state index >= 15 is 0 Å². The van der Waals surface area contributed by atoms with E-state index in [0.717, 1.165) is 4.31 Å². The lowest BCUT2D eigenvalue weighted by molar-refractivity contribution is -0.140. The Bertz CT molecular complexity index is 616. The maximum Gasteiger partial charge on any atom is 0.321 e. The summed E-state index contributed by atoms with van der Waals surface area (Å²) in [7, 11) is -2.71. The first-order valence-electron chi connectivity index (χ1n) is 5.86. The van der Waals surface area contributed by atoms with Gasteiger partial charge in [0, 0.05) is 12.2 Å². The van der Waals surface area contributed by atoms with Crippen LogP contribution in [0.2, 0.25) is 5.02 Å². The Labute approximate surface area is 123 Å². The number of esters is 1. The SMILES string of the molecule is CCN(CC(=O)OC)S(=O)(=O)c1cc(N)c(C)cc1Cl. The molecule has 0 saturated carbocycles. The smallest absolute Gasteiger partial charge is 0.321 e. The summed E-state index contributed by atoms with van der Waals surface area (Å²) in [6.07, 6.45) is 0. The lowest BCUT2D eigenvalue weighted by Crippen LogP contribution is -2.36. The molecule has 0 unspecified atom stereocenters. The van der Waals surface area contributed by atoms with Crippen LogP contribution in [0.1, 0.15) is 12.5 Å². The average Bonchev–Trinajstić information content (AvgIpc) is 2.39. The molecule has 0 bridgehead atoms. The number of aryl methyl sites for hydroxylation is 1. The van der Waals surface area contributed by atoms with E-state index in [0.29, 0.717) is 11.3 Å². The van der Waals surface area contributed by atoms with Crippen LogP contribution in [0.4, 0.5) is 5.69 Å². The number of hydrogen-bond acceptors (Lipinski definition) is 5. The largest absolute Gasteiger partial charge is 0.468 e. The number of likely N-dealkylation sites (N-methyl/N-ethyl adjacent to an activating group) is 1. The van der Waals surface area contributed by atoms with E-state index < -0.39 is 16.0 Å². The van der Waals surface area contributed by atoms with Gasteiger partial charge in [0.1, 0.15) is 11.4 Å². The average molecular weight is 321 g/mol. The maximum absolute atomic E-state index is 12.5. The first-order valence-corrected chi connectivity index (χ1v) is 7.68.